The van der Waals surface area contributed by atoms with Gasteiger partial charge >= 0.3 is 0 Å². The minimum absolute atomic E-state index is 0.0929. The molecule has 4 nitrogen and oxygen atoms in total. The van der Waals surface area contributed by atoms with Crippen molar-refractivity contribution in [3.05, 3.63) is 34.5 Å². The zero-order valence-electron chi connectivity index (χ0n) is 6.74. The summed E-state index contributed by atoms with van der Waals surface area (Å²) in [6.45, 7) is 2.04. The van der Waals surface area contributed by atoms with Gasteiger partial charge in [-0.15, -0.1) is 0 Å². The molecule has 1 N–H and O–H groups in total. The molecule has 0 amide bonds. The van der Waals surface area contributed by atoms with E-state index in [0.717, 1.165) is 12.0 Å². The predicted octanol–water partition coefficient (Wildman–Crippen LogP) is 0.585. The van der Waals surface area contributed by atoms with Crippen molar-refractivity contribution in [3.8, 4) is 0 Å². The fourth-order valence-electron chi connectivity index (χ4n) is 1.19. The molecule has 0 fully saturated rings. The van der Waals surface area contributed by atoms with Crippen molar-refractivity contribution in [1.29, 1.82) is 0 Å². The maximum atomic E-state index is 11.2. The van der Waals surface area contributed by atoms with Gasteiger partial charge in [-0.05, 0) is 18.1 Å². The van der Waals surface area contributed by atoms with Gasteiger partial charge in [0.15, 0.2) is 0 Å². The number of aromatic nitrogens is 3. The van der Waals surface area contributed by atoms with Gasteiger partial charge in [-0.2, -0.15) is 5.10 Å². The lowest BCUT2D eigenvalue weighted by molar-refractivity contribution is 0.884. The summed E-state index contributed by atoms with van der Waals surface area (Å²) < 4.78 is 1.59. The molecule has 12 heavy (non-hydrogen) atoms. The van der Waals surface area contributed by atoms with E-state index in [4.69, 9.17) is 0 Å². The van der Waals surface area contributed by atoms with E-state index in [-0.39, 0.29) is 5.56 Å². The molecule has 2 rings (SSSR count). The lowest BCUT2D eigenvalue weighted by Gasteiger charge is -1.87. The number of hydrogen-bond acceptors (Lipinski definition) is 2. The Morgan fingerprint density at radius 3 is 3.17 bits per heavy atom. The lowest BCUT2D eigenvalue weighted by Crippen LogP contribution is -2.09. The van der Waals surface area contributed by atoms with Gasteiger partial charge in [-0.25, -0.2) is 4.52 Å². The summed E-state index contributed by atoms with van der Waals surface area (Å²) in [5.74, 6) is 0. The van der Waals surface area contributed by atoms with Gasteiger partial charge in [0.25, 0.3) is 5.56 Å². The van der Waals surface area contributed by atoms with Crippen LogP contribution >= 0.6 is 0 Å². The lowest BCUT2D eigenvalue weighted by atomic mass is 10.3. The Balaban J connectivity index is 2.83. The van der Waals surface area contributed by atoms with E-state index in [2.05, 4.69) is 10.1 Å². The Bertz CT molecular complexity index is 455. The van der Waals surface area contributed by atoms with Crippen molar-refractivity contribution in [3.63, 3.8) is 0 Å². The van der Waals surface area contributed by atoms with Gasteiger partial charge in [0.05, 0.1) is 0 Å². The maximum absolute atomic E-state index is 11.2. The van der Waals surface area contributed by atoms with Gasteiger partial charge in [-0.1, -0.05) is 6.92 Å². The largest absolute Gasteiger partial charge is 0.310 e. The molecule has 0 aliphatic carbocycles. The van der Waals surface area contributed by atoms with Crippen molar-refractivity contribution in [2.45, 2.75) is 13.3 Å². The number of aryl methyl sites for hydroxylation is 1. The molecular weight excluding hydrogens is 154 g/mol. The van der Waals surface area contributed by atoms with Crippen LogP contribution in [-0.4, -0.2) is 14.6 Å². The van der Waals surface area contributed by atoms with E-state index in [1.807, 2.05) is 19.2 Å². The molecule has 0 saturated carbocycles. The van der Waals surface area contributed by atoms with E-state index in [1.165, 1.54) is 6.33 Å². The Labute approximate surface area is 68.8 Å². The minimum atomic E-state index is -0.0929. The van der Waals surface area contributed by atoms with Crippen LogP contribution in [-0.2, 0) is 6.42 Å². The molecule has 62 valence electrons. The molecule has 2 aromatic rings. The van der Waals surface area contributed by atoms with Gasteiger partial charge in [-0.3, -0.25) is 4.79 Å². The van der Waals surface area contributed by atoms with Crippen LogP contribution in [0.5, 0.6) is 0 Å². The van der Waals surface area contributed by atoms with Gasteiger partial charge in [0.1, 0.15) is 11.8 Å². The first-order valence-corrected chi connectivity index (χ1v) is 3.86. The van der Waals surface area contributed by atoms with E-state index in [9.17, 15) is 4.79 Å². The Morgan fingerprint density at radius 1 is 1.67 bits per heavy atom. The fraction of sp³-hybridized carbons (Fsp3) is 0.250. The molecule has 0 unspecified atom stereocenters. The van der Waals surface area contributed by atoms with E-state index in [1.54, 1.807) is 4.52 Å². The molecule has 2 aromatic heterocycles. The minimum Gasteiger partial charge on any atom is -0.310 e. The van der Waals surface area contributed by atoms with Crippen LogP contribution in [0.15, 0.2) is 23.4 Å². The summed E-state index contributed by atoms with van der Waals surface area (Å²) in [5.41, 5.74) is 1.64. The average molecular weight is 163 g/mol. The topological polar surface area (TPSA) is 50.2 Å². The normalized spacial score (nSPS) is 10.8. The molecule has 4 heteroatoms. The van der Waals surface area contributed by atoms with E-state index in [0.29, 0.717) is 5.52 Å². The Morgan fingerprint density at radius 2 is 2.50 bits per heavy atom. The zero-order valence-corrected chi connectivity index (χ0v) is 6.74. The Hall–Kier alpha value is -1.58. The SMILES string of the molecule is CCc1cc2c(=O)[nH]cnn2c1. The number of H-pyrrole nitrogens is 1. The fourth-order valence-corrected chi connectivity index (χ4v) is 1.19. The summed E-state index contributed by atoms with van der Waals surface area (Å²) >= 11 is 0. The van der Waals surface area contributed by atoms with Crippen LogP contribution in [0.1, 0.15) is 12.5 Å². The molecule has 0 bridgehead atoms. The highest BCUT2D eigenvalue weighted by atomic mass is 16.1. The number of nitrogens with zero attached hydrogens (tertiary/aromatic N) is 2. The molecule has 0 radical (unpaired) electrons. The summed E-state index contributed by atoms with van der Waals surface area (Å²) in [5, 5.41) is 3.97. The predicted molar refractivity (Wildman–Crippen MR) is 45.2 cm³/mol. The molecule has 0 atom stereocenters. The molecule has 0 saturated heterocycles. The van der Waals surface area contributed by atoms with E-state index >= 15 is 0 Å². The summed E-state index contributed by atoms with van der Waals surface area (Å²) in [6.07, 6.45) is 4.18. The quantitative estimate of drug-likeness (QED) is 0.668. The number of hydrogen-bond donors (Lipinski definition) is 1. The number of rotatable bonds is 1. The second-order valence-electron chi connectivity index (χ2n) is 2.65. The summed E-state index contributed by atoms with van der Waals surface area (Å²) in [7, 11) is 0. The third-order valence-corrected chi connectivity index (χ3v) is 1.88. The van der Waals surface area contributed by atoms with Gasteiger partial charge in [0, 0.05) is 6.20 Å². The monoisotopic (exact) mass is 163 g/mol. The van der Waals surface area contributed by atoms with E-state index < -0.39 is 0 Å². The second kappa shape index (κ2) is 2.48. The first kappa shape index (κ1) is 7.09. The third-order valence-electron chi connectivity index (χ3n) is 1.88. The van der Waals surface area contributed by atoms with Crippen LogP contribution in [0, 0.1) is 0 Å². The number of nitrogens with one attached hydrogen (secondary N) is 1. The summed E-state index contributed by atoms with van der Waals surface area (Å²) in [6, 6.07) is 1.85. The first-order chi connectivity index (χ1) is 5.81. The molecule has 0 aliphatic heterocycles. The number of fused-ring (bicyclic) bond motifs is 1. The average Bonchev–Trinajstić information content (AvgIpc) is 2.49. The molecular formula is C8H9N3O. The third kappa shape index (κ3) is 0.922. The first-order valence-electron chi connectivity index (χ1n) is 3.86. The van der Waals surface area contributed by atoms with Crippen LogP contribution in [0.3, 0.4) is 0 Å². The van der Waals surface area contributed by atoms with Crippen LogP contribution in [0.4, 0.5) is 0 Å². The Kier molecular flexibility index (Phi) is 1.46. The van der Waals surface area contributed by atoms with Crippen LogP contribution in [0.2, 0.25) is 0 Å². The van der Waals surface area contributed by atoms with Crippen molar-refractivity contribution in [2.24, 2.45) is 0 Å². The standard InChI is InChI=1S/C8H9N3O/c1-2-6-3-7-8(12)9-5-10-11(7)4-6/h3-5H,2H2,1H3,(H,9,10,12). The van der Waals surface area contributed by atoms with Crippen molar-refractivity contribution in [2.75, 3.05) is 0 Å². The van der Waals surface area contributed by atoms with Crippen molar-refractivity contribution < 1.29 is 0 Å². The molecule has 2 heterocycles. The maximum Gasteiger partial charge on any atom is 0.275 e. The van der Waals surface area contributed by atoms with Crippen molar-refractivity contribution >= 4 is 5.52 Å². The van der Waals surface area contributed by atoms with Crippen LogP contribution in [0.25, 0.3) is 5.52 Å². The zero-order chi connectivity index (χ0) is 8.55. The second-order valence-corrected chi connectivity index (χ2v) is 2.65. The van der Waals surface area contributed by atoms with Crippen molar-refractivity contribution in [1.82, 2.24) is 14.6 Å². The summed E-state index contributed by atoms with van der Waals surface area (Å²) in [4.78, 5) is 13.7. The highest BCUT2D eigenvalue weighted by molar-refractivity contribution is 5.46. The molecule has 0 spiro atoms. The molecule has 0 aliphatic rings. The highest BCUT2D eigenvalue weighted by Gasteiger charge is 2.00. The van der Waals surface area contributed by atoms with Gasteiger partial charge in [0.2, 0.25) is 0 Å². The van der Waals surface area contributed by atoms with Crippen LogP contribution < -0.4 is 5.56 Å². The molecule has 0 aromatic carbocycles. The smallest absolute Gasteiger partial charge is 0.275 e. The highest BCUT2D eigenvalue weighted by Crippen LogP contribution is 2.03. The number of aromatic amines is 1. The van der Waals surface area contributed by atoms with Gasteiger partial charge < -0.3 is 4.98 Å².